The molecule has 0 aliphatic carbocycles. The maximum atomic E-state index is 13.9. The Morgan fingerprint density at radius 3 is 2.75 bits per heavy atom. The molecule has 1 N–H and O–H groups in total. The molecule has 2 nitrogen and oxygen atoms in total. The quantitative estimate of drug-likeness (QED) is 0.856. The van der Waals surface area contributed by atoms with E-state index in [-0.39, 0.29) is 11.9 Å². The lowest BCUT2D eigenvalue weighted by atomic mass is 10.0. The maximum absolute atomic E-state index is 13.9. The highest BCUT2D eigenvalue weighted by atomic mass is 35.5. The standard InChI is InChI=1S/C15H12Cl2FNO/c1-20-14-3-2-9(16)6-11(14)13-5-8-4-10(17)7-12(18)15(8)19-13/h2-4,6-7,13,19H,5H2,1H3. The van der Waals surface area contributed by atoms with Gasteiger partial charge in [0, 0.05) is 15.6 Å². The fourth-order valence-corrected chi connectivity index (χ4v) is 2.97. The summed E-state index contributed by atoms with van der Waals surface area (Å²) in [6.07, 6.45) is 0.642. The molecule has 2 aromatic rings. The van der Waals surface area contributed by atoms with Crippen molar-refractivity contribution in [3.8, 4) is 5.75 Å². The van der Waals surface area contributed by atoms with Crippen LogP contribution in [0.25, 0.3) is 0 Å². The first kappa shape index (κ1) is 13.5. The molecule has 0 radical (unpaired) electrons. The van der Waals surface area contributed by atoms with Gasteiger partial charge in [-0.25, -0.2) is 4.39 Å². The minimum atomic E-state index is -0.337. The van der Waals surface area contributed by atoms with E-state index in [4.69, 9.17) is 27.9 Å². The van der Waals surface area contributed by atoms with Gasteiger partial charge in [0.05, 0.1) is 18.8 Å². The van der Waals surface area contributed by atoms with Gasteiger partial charge in [-0.1, -0.05) is 23.2 Å². The van der Waals surface area contributed by atoms with Crippen molar-refractivity contribution in [2.24, 2.45) is 0 Å². The summed E-state index contributed by atoms with van der Waals surface area (Å²) in [4.78, 5) is 0. The Kier molecular flexibility index (Phi) is 3.48. The normalized spacial score (nSPS) is 16.7. The number of benzene rings is 2. The molecule has 1 unspecified atom stereocenters. The van der Waals surface area contributed by atoms with E-state index in [2.05, 4.69) is 5.32 Å². The van der Waals surface area contributed by atoms with Gasteiger partial charge in [0.25, 0.3) is 0 Å². The molecule has 0 saturated heterocycles. The summed E-state index contributed by atoms with van der Waals surface area (Å²) in [6, 6.07) is 8.43. The number of ether oxygens (including phenoxy) is 1. The van der Waals surface area contributed by atoms with E-state index in [0.29, 0.717) is 22.2 Å². The lowest BCUT2D eigenvalue weighted by Gasteiger charge is -2.16. The Balaban J connectivity index is 2.00. The van der Waals surface area contributed by atoms with Gasteiger partial charge in [-0.3, -0.25) is 0 Å². The van der Waals surface area contributed by atoms with Gasteiger partial charge < -0.3 is 10.1 Å². The Bertz CT molecular complexity index is 675. The van der Waals surface area contributed by atoms with Gasteiger partial charge >= 0.3 is 0 Å². The zero-order valence-corrected chi connectivity index (χ0v) is 12.2. The summed E-state index contributed by atoms with van der Waals surface area (Å²) in [6.45, 7) is 0. The molecule has 104 valence electrons. The zero-order chi connectivity index (χ0) is 14.3. The summed E-state index contributed by atoms with van der Waals surface area (Å²) in [5.74, 6) is 0.391. The molecular weight excluding hydrogens is 300 g/mol. The summed E-state index contributed by atoms with van der Waals surface area (Å²) in [5.41, 5.74) is 2.27. The van der Waals surface area contributed by atoms with E-state index < -0.39 is 0 Å². The number of nitrogens with one attached hydrogen (secondary N) is 1. The molecule has 3 rings (SSSR count). The van der Waals surface area contributed by atoms with Crippen LogP contribution in [0.2, 0.25) is 10.0 Å². The Morgan fingerprint density at radius 1 is 1.20 bits per heavy atom. The van der Waals surface area contributed by atoms with E-state index in [1.165, 1.54) is 6.07 Å². The molecule has 1 heterocycles. The third kappa shape index (κ3) is 2.32. The van der Waals surface area contributed by atoms with Crippen LogP contribution in [0.15, 0.2) is 30.3 Å². The van der Waals surface area contributed by atoms with Crippen molar-refractivity contribution in [3.05, 3.63) is 57.3 Å². The molecule has 1 aliphatic heterocycles. The predicted octanol–water partition coefficient (Wildman–Crippen LogP) is 4.85. The van der Waals surface area contributed by atoms with Crippen molar-refractivity contribution in [1.29, 1.82) is 0 Å². The molecule has 5 heteroatoms. The second-order valence-corrected chi connectivity index (χ2v) is 5.58. The molecule has 0 fully saturated rings. The maximum Gasteiger partial charge on any atom is 0.148 e. The molecule has 0 amide bonds. The Hall–Kier alpha value is -1.45. The third-order valence-corrected chi connectivity index (χ3v) is 3.90. The monoisotopic (exact) mass is 311 g/mol. The van der Waals surface area contributed by atoms with E-state index >= 15 is 0 Å². The van der Waals surface area contributed by atoms with Crippen molar-refractivity contribution in [2.45, 2.75) is 12.5 Å². The van der Waals surface area contributed by atoms with Crippen molar-refractivity contribution >= 4 is 28.9 Å². The average molecular weight is 312 g/mol. The number of hydrogen-bond acceptors (Lipinski definition) is 2. The highest BCUT2D eigenvalue weighted by Crippen LogP contribution is 2.40. The first-order valence-corrected chi connectivity index (χ1v) is 6.92. The average Bonchev–Trinajstić information content (AvgIpc) is 2.82. The first-order valence-electron chi connectivity index (χ1n) is 6.16. The number of hydrogen-bond donors (Lipinski definition) is 1. The molecule has 0 spiro atoms. The fourth-order valence-electron chi connectivity index (χ4n) is 2.56. The number of anilines is 1. The van der Waals surface area contributed by atoms with Crippen LogP contribution in [0, 0.1) is 5.82 Å². The molecule has 0 saturated carbocycles. The molecule has 2 aromatic carbocycles. The Labute approximate surface area is 126 Å². The fraction of sp³-hybridized carbons (Fsp3) is 0.200. The van der Waals surface area contributed by atoms with Gasteiger partial charge in [-0.05, 0) is 42.3 Å². The van der Waals surface area contributed by atoms with Gasteiger partial charge in [0.1, 0.15) is 11.6 Å². The van der Waals surface area contributed by atoms with E-state index in [1.807, 2.05) is 12.1 Å². The summed E-state index contributed by atoms with van der Waals surface area (Å²) >= 11 is 11.9. The van der Waals surface area contributed by atoms with Crippen LogP contribution in [-0.4, -0.2) is 7.11 Å². The minimum Gasteiger partial charge on any atom is -0.496 e. The van der Waals surface area contributed by atoms with Crippen molar-refractivity contribution in [3.63, 3.8) is 0 Å². The second kappa shape index (κ2) is 5.15. The van der Waals surface area contributed by atoms with Crippen LogP contribution in [0.4, 0.5) is 10.1 Å². The number of fused-ring (bicyclic) bond motifs is 1. The molecule has 1 aliphatic rings. The van der Waals surface area contributed by atoms with Gasteiger partial charge in [0.15, 0.2) is 0 Å². The Morgan fingerprint density at radius 2 is 2.00 bits per heavy atom. The lowest BCUT2D eigenvalue weighted by Crippen LogP contribution is -2.08. The van der Waals surface area contributed by atoms with Crippen molar-refractivity contribution in [1.82, 2.24) is 0 Å². The molecular formula is C15H12Cl2FNO. The minimum absolute atomic E-state index is 0.0772. The first-order chi connectivity index (χ1) is 9.58. The van der Waals surface area contributed by atoms with Crippen LogP contribution in [0.1, 0.15) is 17.2 Å². The van der Waals surface area contributed by atoms with Gasteiger partial charge in [-0.2, -0.15) is 0 Å². The van der Waals surface area contributed by atoms with Gasteiger partial charge in [-0.15, -0.1) is 0 Å². The van der Waals surface area contributed by atoms with Crippen molar-refractivity contribution < 1.29 is 9.13 Å². The second-order valence-electron chi connectivity index (χ2n) is 4.71. The van der Waals surface area contributed by atoms with Crippen LogP contribution in [0.3, 0.4) is 0 Å². The summed E-state index contributed by atoms with van der Waals surface area (Å²) in [7, 11) is 1.60. The summed E-state index contributed by atoms with van der Waals surface area (Å²) in [5, 5.41) is 4.20. The molecule has 0 aromatic heterocycles. The zero-order valence-electron chi connectivity index (χ0n) is 10.7. The molecule has 1 atom stereocenters. The van der Waals surface area contributed by atoms with Crippen LogP contribution < -0.4 is 10.1 Å². The van der Waals surface area contributed by atoms with Gasteiger partial charge in [0.2, 0.25) is 0 Å². The van der Waals surface area contributed by atoms with Crippen LogP contribution in [0.5, 0.6) is 5.75 Å². The van der Waals surface area contributed by atoms with Crippen molar-refractivity contribution in [2.75, 3.05) is 12.4 Å². The highest BCUT2D eigenvalue weighted by Gasteiger charge is 2.27. The smallest absolute Gasteiger partial charge is 0.148 e. The topological polar surface area (TPSA) is 21.3 Å². The molecule has 0 bridgehead atoms. The third-order valence-electron chi connectivity index (χ3n) is 3.45. The highest BCUT2D eigenvalue weighted by molar-refractivity contribution is 6.31. The predicted molar refractivity (Wildman–Crippen MR) is 79.5 cm³/mol. The number of halogens is 3. The summed E-state index contributed by atoms with van der Waals surface area (Å²) < 4.78 is 19.2. The van der Waals surface area contributed by atoms with Crippen LogP contribution in [-0.2, 0) is 6.42 Å². The number of rotatable bonds is 2. The number of methoxy groups -OCH3 is 1. The molecule has 20 heavy (non-hydrogen) atoms. The largest absolute Gasteiger partial charge is 0.496 e. The van der Waals surface area contributed by atoms with E-state index in [0.717, 1.165) is 16.9 Å². The SMILES string of the molecule is COc1ccc(Cl)cc1C1Cc2cc(Cl)cc(F)c2N1. The van der Waals surface area contributed by atoms with E-state index in [9.17, 15) is 4.39 Å². The lowest BCUT2D eigenvalue weighted by molar-refractivity contribution is 0.407. The van der Waals surface area contributed by atoms with E-state index in [1.54, 1.807) is 19.2 Å². The van der Waals surface area contributed by atoms with Crippen LogP contribution >= 0.6 is 23.2 Å².